The van der Waals surface area contributed by atoms with Crippen LogP contribution in [0.15, 0.2) is 36.7 Å². The second-order valence-electron chi connectivity index (χ2n) is 4.41. The van der Waals surface area contributed by atoms with Crippen LogP contribution in [-0.2, 0) is 4.74 Å². The van der Waals surface area contributed by atoms with E-state index in [-0.39, 0.29) is 6.04 Å². The molecule has 0 bridgehead atoms. The first-order chi connectivity index (χ1) is 8.86. The molecule has 0 amide bonds. The number of pyridine rings is 1. The van der Waals surface area contributed by atoms with Crippen LogP contribution in [0.3, 0.4) is 0 Å². The third-order valence-corrected chi connectivity index (χ3v) is 3.06. The van der Waals surface area contributed by atoms with Crippen LogP contribution in [0, 0.1) is 0 Å². The lowest BCUT2D eigenvalue weighted by atomic mass is 10.0. The van der Waals surface area contributed by atoms with E-state index < -0.39 is 0 Å². The highest BCUT2D eigenvalue weighted by atomic mass is 16.5. The molecule has 3 heteroatoms. The van der Waals surface area contributed by atoms with Gasteiger partial charge < -0.3 is 10.1 Å². The van der Waals surface area contributed by atoms with Gasteiger partial charge in [-0.1, -0.05) is 25.1 Å². The van der Waals surface area contributed by atoms with Crippen molar-refractivity contribution in [1.82, 2.24) is 10.3 Å². The first-order valence-corrected chi connectivity index (χ1v) is 6.41. The first kappa shape index (κ1) is 13.0. The molecule has 0 fully saturated rings. The summed E-state index contributed by atoms with van der Waals surface area (Å²) in [5, 5.41) is 5.96. The average Bonchev–Trinajstić information content (AvgIpc) is 2.43. The molecule has 1 aromatic heterocycles. The van der Waals surface area contributed by atoms with Gasteiger partial charge in [0.05, 0.1) is 12.6 Å². The summed E-state index contributed by atoms with van der Waals surface area (Å²) in [4.78, 5) is 4.17. The van der Waals surface area contributed by atoms with Crippen molar-refractivity contribution in [2.24, 2.45) is 0 Å². The number of aromatic nitrogens is 1. The van der Waals surface area contributed by atoms with Gasteiger partial charge >= 0.3 is 0 Å². The molecule has 2 rings (SSSR count). The summed E-state index contributed by atoms with van der Waals surface area (Å²) < 4.78 is 5.33. The molecule has 1 heterocycles. The predicted octanol–water partition coefficient (Wildman–Crippen LogP) is 2.92. The van der Waals surface area contributed by atoms with Crippen LogP contribution in [0.25, 0.3) is 10.8 Å². The largest absolute Gasteiger partial charge is 0.383 e. The van der Waals surface area contributed by atoms with Crippen molar-refractivity contribution in [3.63, 3.8) is 0 Å². The lowest BCUT2D eigenvalue weighted by Crippen LogP contribution is -2.26. The van der Waals surface area contributed by atoms with Crippen molar-refractivity contribution in [2.45, 2.75) is 19.4 Å². The van der Waals surface area contributed by atoms with Gasteiger partial charge in [-0.3, -0.25) is 4.98 Å². The van der Waals surface area contributed by atoms with Gasteiger partial charge in [0.1, 0.15) is 0 Å². The van der Waals surface area contributed by atoms with Crippen LogP contribution in [0.1, 0.15) is 24.9 Å². The van der Waals surface area contributed by atoms with Crippen LogP contribution < -0.4 is 5.32 Å². The SMILES string of the molecule is CCCNC(COC)c1cccc2cnccc12. The Bertz CT molecular complexity index is 493. The van der Waals surface area contributed by atoms with E-state index in [1.54, 1.807) is 7.11 Å². The second kappa shape index (κ2) is 6.47. The van der Waals surface area contributed by atoms with Crippen molar-refractivity contribution >= 4 is 10.8 Å². The molecule has 18 heavy (non-hydrogen) atoms. The van der Waals surface area contributed by atoms with Gasteiger partial charge in [-0.05, 0) is 30.0 Å². The van der Waals surface area contributed by atoms with Crippen molar-refractivity contribution in [1.29, 1.82) is 0 Å². The summed E-state index contributed by atoms with van der Waals surface area (Å²) in [7, 11) is 1.74. The summed E-state index contributed by atoms with van der Waals surface area (Å²) >= 11 is 0. The molecule has 3 nitrogen and oxygen atoms in total. The predicted molar refractivity (Wildman–Crippen MR) is 74.7 cm³/mol. The lowest BCUT2D eigenvalue weighted by molar-refractivity contribution is 0.167. The van der Waals surface area contributed by atoms with E-state index >= 15 is 0 Å². The van der Waals surface area contributed by atoms with E-state index in [9.17, 15) is 0 Å². The minimum Gasteiger partial charge on any atom is -0.383 e. The molecule has 1 atom stereocenters. The minimum atomic E-state index is 0.237. The quantitative estimate of drug-likeness (QED) is 0.848. The summed E-state index contributed by atoms with van der Waals surface area (Å²) in [5.41, 5.74) is 1.28. The number of methoxy groups -OCH3 is 1. The Balaban J connectivity index is 2.36. The van der Waals surface area contributed by atoms with Crippen LogP contribution in [-0.4, -0.2) is 25.2 Å². The van der Waals surface area contributed by atoms with Crippen LogP contribution in [0.5, 0.6) is 0 Å². The molecule has 1 N–H and O–H groups in total. The van der Waals surface area contributed by atoms with Crippen LogP contribution >= 0.6 is 0 Å². The van der Waals surface area contributed by atoms with E-state index in [4.69, 9.17) is 4.74 Å². The minimum absolute atomic E-state index is 0.237. The highest BCUT2D eigenvalue weighted by Crippen LogP contribution is 2.23. The number of nitrogens with one attached hydrogen (secondary N) is 1. The van der Waals surface area contributed by atoms with Crippen molar-refractivity contribution in [3.05, 3.63) is 42.2 Å². The smallest absolute Gasteiger partial charge is 0.0657 e. The highest BCUT2D eigenvalue weighted by Gasteiger charge is 2.13. The van der Waals surface area contributed by atoms with E-state index in [0.29, 0.717) is 6.61 Å². The Kier molecular flexibility index (Phi) is 4.67. The van der Waals surface area contributed by atoms with Crippen molar-refractivity contribution < 1.29 is 4.74 Å². The zero-order valence-corrected chi connectivity index (χ0v) is 11.0. The summed E-state index contributed by atoms with van der Waals surface area (Å²) in [5.74, 6) is 0. The van der Waals surface area contributed by atoms with Crippen molar-refractivity contribution in [2.75, 3.05) is 20.3 Å². The maximum atomic E-state index is 5.33. The third-order valence-electron chi connectivity index (χ3n) is 3.06. The maximum Gasteiger partial charge on any atom is 0.0657 e. The van der Waals surface area contributed by atoms with E-state index in [2.05, 4.69) is 41.5 Å². The van der Waals surface area contributed by atoms with Gasteiger partial charge in [0, 0.05) is 24.9 Å². The zero-order valence-electron chi connectivity index (χ0n) is 11.0. The number of ether oxygens (including phenoxy) is 1. The molecule has 2 aromatic rings. The molecule has 1 aromatic carbocycles. The molecular formula is C15H20N2O. The fraction of sp³-hybridized carbons (Fsp3) is 0.400. The normalized spacial score (nSPS) is 12.8. The highest BCUT2D eigenvalue weighted by molar-refractivity contribution is 5.85. The molecule has 0 saturated heterocycles. The number of rotatable bonds is 6. The monoisotopic (exact) mass is 244 g/mol. The Morgan fingerprint density at radius 2 is 2.22 bits per heavy atom. The molecule has 0 aliphatic rings. The van der Waals surface area contributed by atoms with E-state index in [0.717, 1.165) is 13.0 Å². The fourth-order valence-corrected chi connectivity index (χ4v) is 2.20. The lowest BCUT2D eigenvalue weighted by Gasteiger charge is -2.19. The van der Waals surface area contributed by atoms with Gasteiger partial charge in [-0.15, -0.1) is 0 Å². The number of nitrogens with zero attached hydrogens (tertiary/aromatic N) is 1. The molecule has 0 aliphatic carbocycles. The van der Waals surface area contributed by atoms with Crippen LogP contribution in [0.4, 0.5) is 0 Å². The molecular weight excluding hydrogens is 224 g/mol. The van der Waals surface area contributed by atoms with Crippen molar-refractivity contribution in [3.8, 4) is 0 Å². The number of hydrogen-bond acceptors (Lipinski definition) is 3. The van der Waals surface area contributed by atoms with Gasteiger partial charge in [0.2, 0.25) is 0 Å². The molecule has 0 spiro atoms. The molecule has 0 radical (unpaired) electrons. The van der Waals surface area contributed by atoms with Gasteiger partial charge in [0.25, 0.3) is 0 Å². The Morgan fingerprint density at radius 3 is 3.00 bits per heavy atom. The Labute approximate surface area is 108 Å². The van der Waals surface area contributed by atoms with E-state index in [1.807, 2.05) is 12.4 Å². The zero-order chi connectivity index (χ0) is 12.8. The number of fused-ring (bicyclic) bond motifs is 1. The average molecular weight is 244 g/mol. The summed E-state index contributed by atoms with van der Waals surface area (Å²) in [6.45, 7) is 3.85. The number of benzene rings is 1. The molecule has 96 valence electrons. The Morgan fingerprint density at radius 1 is 1.33 bits per heavy atom. The fourth-order valence-electron chi connectivity index (χ4n) is 2.20. The molecule has 0 aliphatic heterocycles. The first-order valence-electron chi connectivity index (χ1n) is 6.41. The molecule has 0 saturated carbocycles. The standard InChI is InChI=1S/C15H20N2O/c1-3-8-17-15(11-18-2)14-6-4-5-12-10-16-9-7-13(12)14/h4-7,9-10,15,17H,3,8,11H2,1-2H3. The maximum absolute atomic E-state index is 5.33. The topological polar surface area (TPSA) is 34.1 Å². The van der Waals surface area contributed by atoms with Gasteiger partial charge in [0.15, 0.2) is 0 Å². The van der Waals surface area contributed by atoms with Gasteiger partial charge in [-0.25, -0.2) is 0 Å². The van der Waals surface area contributed by atoms with Crippen LogP contribution in [0.2, 0.25) is 0 Å². The summed E-state index contributed by atoms with van der Waals surface area (Å²) in [6.07, 6.45) is 4.87. The third kappa shape index (κ3) is 2.86. The number of hydrogen-bond donors (Lipinski definition) is 1. The van der Waals surface area contributed by atoms with Gasteiger partial charge in [-0.2, -0.15) is 0 Å². The second-order valence-corrected chi connectivity index (χ2v) is 4.41. The van der Waals surface area contributed by atoms with E-state index in [1.165, 1.54) is 16.3 Å². The Hall–Kier alpha value is -1.45. The summed E-state index contributed by atoms with van der Waals surface area (Å²) in [6, 6.07) is 8.64. The molecule has 1 unspecified atom stereocenters.